The highest BCUT2D eigenvalue weighted by Gasteiger charge is 1.98. The van der Waals surface area contributed by atoms with Crippen LogP contribution in [0.5, 0.6) is 11.5 Å². The van der Waals surface area contributed by atoms with Gasteiger partial charge in [-0.25, -0.2) is 4.39 Å². The van der Waals surface area contributed by atoms with Gasteiger partial charge in [-0.05, 0) is 36.4 Å². The summed E-state index contributed by atoms with van der Waals surface area (Å²) in [6.07, 6.45) is 1.40. The first-order chi connectivity index (χ1) is 8.65. The van der Waals surface area contributed by atoms with Crippen LogP contribution in [0, 0.1) is 5.82 Å². The van der Waals surface area contributed by atoms with Crippen molar-refractivity contribution in [1.29, 1.82) is 0 Å². The van der Waals surface area contributed by atoms with Crippen LogP contribution >= 0.6 is 0 Å². The molecule has 2 rings (SSSR count). The summed E-state index contributed by atoms with van der Waals surface area (Å²) in [6.45, 7) is 0. The van der Waals surface area contributed by atoms with Gasteiger partial charge in [-0.15, -0.1) is 0 Å². The van der Waals surface area contributed by atoms with Crippen LogP contribution in [0.25, 0.3) is 0 Å². The molecule has 2 aromatic rings. The minimum absolute atomic E-state index is 0.0175. The second-order valence-corrected chi connectivity index (χ2v) is 3.62. The highest BCUT2D eigenvalue weighted by molar-refractivity contribution is 5.84. The lowest BCUT2D eigenvalue weighted by molar-refractivity contribution is 0.450. The zero-order chi connectivity index (χ0) is 13.0. The summed E-state index contributed by atoms with van der Waals surface area (Å²) in [5.74, 6) is -0.406. The Hall–Kier alpha value is -2.56. The SMILES string of the molecule is Oc1ccc(/C=N/Nc2ccc(F)cc2)c(O)c1. The van der Waals surface area contributed by atoms with Gasteiger partial charge < -0.3 is 10.2 Å². The van der Waals surface area contributed by atoms with E-state index in [0.29, 0.717) is 11.3 Å². The predicted molar refractivity (Wildman–Crippen MR) is 67.4 cm³/mol. The summed E-state index contributed by atoms with van der Waals surface area (Å²) in [7, 11) is 0. The number of hydrogen-bond acceptors (Lipinski definition) is 4. The molecule has 0 radical (unpaired) electrons. The number of hydrogen-bond donors (Lipinski definition) is 3. The van der Waals surface area contributed by atoms with Crippen molar-refractivity contribution in [3.63, 3.8) is 0 Å². The first kappa shape index (κ1) is 11.9. The zero-order valence-electron chi connectivity index (χ0n) is 9.34. The molecule has 0 saturated carbocycles. The molecule has 0 saturated heterocycles. The number of rotatable bonds is 3. The lowest BCUT2D eigenvalue weighted by Crippen LogP contribution is -1.91. The molecule has 18 heavy (non-hydrogen) atoms. The van der Waals surface area contributed by atoms with E-state index in [9.17, 15) is 9.50 Å². The molecule has 0 bridgehead atoms. The van der Waals surface area contributed by atoms with E-state index >= 15 is 0 Å². The van der Waals surface area contributed by atoms with E-state index in [1.807, 2.05) is 0 Å². The van der Waals surface area contributed by atoms with Gasteiger partial charge in [0, 0.05) is 11.6 Å². The number of phenolic OH excluding ortho intramolecular Hbond substituents is 2. The van der Waals surface area contributed by atoms with Crippen LogP contribution < -0.4 is 5.43 Å². The fourth-order valence-electron chi connectivity index (χ4n) is 1.34. The predicted octanol–water partition coefficient (Wildman–Crippen LogP) is 2.68. The summed E-state index contributed by atoms with van der Waals surface area (Å²) in [4.78, 5) is 0. The summed E-state index contributed by atoms with van der Waals surface area (Å²) < 4.78 is 12.6. The smallest absolute Gasteiger partial charge is 0.128 e. The second-order valence-electron chi connectivity index (χ2n) is 3.62. The van der Waals surface area contributed by atoms with E-state index in [4.69, 9.17) is 5.11 Å². The Morgan fingerprint density at radius 1 is 1.06 bits per heavy atom. The van der Waals surface area contributed by atoms with Crippen LogP contribution in [-0.2, 0) is 0 Å². The molecule has 5 heteroatoms. The maximum Gasteiger partial charge on any atom is 0.128 e. The van der Waals surface area contributed by atoms with Gasteiger partial charge in [-0.3, -0.25) is 5.43 Å². The number of benzene rings is 2. The average Bonchev–Trinajstić information content (AvgIpc) is 2.34. The number of aromatic hydroxyl groups is 2. The fourth-order valence-corrected chi connectivity index (χ4v) is 1.34. The van der Waals surface area contributed by atoms with Gasteiger partial charge in [0.15, 0.2) is 0 Å². The van der Waals surface area contributed by atoms with E-state index in [1.165, 1.54) is 36.5 Å². The molecular formula is C13H11FN2O2. The van der Waals surface area contributed by atoms with E-state index in [-0.39, 0.29) is 17.3 Å². The lowest BCUT2D eigenvalue weighted by atomic mass is 10.2. The topological polar surface area (TPSA) is 64.9 Å². The zero-order valence-corrected chi connectivity index (χ0v) is 9.34. The largest absolute Gasteiger partial charge is 0.508 e. The van der Waals surface area contributed by atoms with Crippen molar-refractivity contribution in [3.05, 3.63) is 53.8 Å². The van der Waals surface area contributed by atoms with E-state index in [2.05, 4.69) is 10.5 Å². The second kappa shape index (κ2) is 5.18. The fraction of sp³-hybridized carbons (Fsp3) is 0. The average molecular weight is 246 g/mol. The Morgan fingerprint density at radius 3 is 2.44 bits per heavy atom. The van der Waals surface area contributed by atoms with Gasteiger partial charge in [0.05, 0.1) is 11.9 Å². The Morgan fingerprint density at radius 2 is 1.78 bits per heavy atom. The third kappa shape index (κ3) is 2.98. The lowest BCUT2D eigenvalue weighted by Gasteiger charge is -2.01. The van der Waals surface area contributed by atoms with Gasteiger partial charge >= 0.3 is 0 Å². The molecule has 0 fully saturated rings. The summed E-state index contributed by atoms with van der Waals surface area (Å²) in [5, 5.41) is 22.5. The molecule has 0 heterocycles. The van der Waals surface area contributed by atoms with Crippen LogP contribution in [0.2, 0.25) is 0 Å². The number of halogens is 1. The van der Waals surface area contributed by atoms with E-state index < -0.39 is 0 Å². The van der Waals surface area contributed by atoms with E-state index in [1.54, 1.807) is 12.1 Å². The minimum atomic E-state index is -0.319. The maximum atomic E-state index is 12.6. The van der Waals surface area contributed by atoms with Gasteiger partial charge in [-0.1, -0.05) is 0 Å². The standard InChI is InChI=1S/C13H11FN2O2/c14-10-2-4-11(5-3-10)16-15-8-9-1-6-12(17)7-13(9)18/h1-8,16-18H/b15-8+. The molecule has 0 spiro atoms. The van der Waals surface area contributed by atoms with Gasteiger partial charge in [0.1, 0.15) is 17.3 Å². The molecule has 0 unspecified atom stereocenters. The van der Waals surface area contributed by atoms with Crippen molar-refractivity contribution in [2.24, 2.45) is 5.10 Å². The molecular weight excluding hydrogens is 235 g/mol. The molecule has 0 aliphatic heterocycles. The van der Waals surface area contributed by atoms with Gasteiger partial charge in [0.25, 0.3) is 0 Å². The van der Waals surface area contributed by atoms with Crippen molar-refractivity contribution < 1.29 is 14.6 Å². The molecule has 0 amide bonds. The van der Waals surface area contributed by atoms with Crippen molar-refractivity contribution in [2.45, 2.75) is 0 Å². The van der Waals surface area contributed by atoms with Crippen LogP contribution in [0.1, 0.15) is 5.56 Å². The number of nitrogens with zero attached hydrogens (tertiary/aromatic N) is 1. The highest BCUT2D eigenvalue weighted by Crippen LogP contribution is 2.20. The van der Waals surface area contributed by atoms with Crippen molar-refractivity contribution in [1.82, 2.24) is 0 Å². The molecule has 0 aliphatic carbocycles. The van der Waals surface area contributed by atoms with Crippen molar-refractivity contribution in [2.75, 3.05) is 5.43 Å². The van der Waals surface area contributed by atoms with Crippen LogP contribution in [0.15, 0.2) is 47.6 Å². The molecule has 3 N–H and O–H groups in total. The minimum Gasteiger partial charge on any atom is -0.508 e. The third-order valence-electron chi connectivity index (χ3n) is 2.26. The van der Waals surface area contributed by atoms with Crippen molar-refractivity contribution >= 4 is 11.9 Å². The quantitative estimate of drug-likeness (QED) is 0.576. The third-order valence-corrected chi connectivity index (χ3v) is 2.26. The van der Waals surface area contributed by atoms with Crippen LogP contribution in [-0.4, -0.2) is 16.4 Å². The van der Waals surface area contributed by atoms with Gasteiger partial charge in [-0.2, -0.15) is 5.10 Å². The van der Waals surface area contributed by atoms with Crippen molar-refractivity contribution in [3.8, 4) is 11.5 Å². The summed E-state index contributed by atoms with van der Waals surface area (Å²) in [5.41, 5.74) is 3.78. The first-order valence-electron chi connectivity index (χ1n) is 5.22. The highest BCUT2D eigenvalue weighted by atomic mass is 19.1. The molecule has 0 aromatic heterocycles. The van der Waals surface area contributed by atoms with E-state index in [0.717, 1.165) is 0 Å². The van der Waals surface area contributed by atoms with Crippen LogP contribution in [0.3, 0.4) is 0 Å². The Bertz CT molecular complexity index is 568. The molecule has 92 valence electrons. The molecule has 0 atom stereocenters. The summed E-state index contributed by atoms with van der Waals surface area (Å²) >= 11 is 0. The Labute approximate surface area is 103 Å². The molecule has 4 nitrogen and oxygen atoms in total. The summed E-state index contributed by atoms with van der Waals surface area (Å²) in [6, 6.07) is 9.91. The monoisotopic (exact) mass is 246 g/mol. The molecule has 0 aliphatic rings. The number of hydrazone groups is 1. The normalized spacial score (nSPS) is 10.7. The number of nitrogens with one attached hydrogen (secondary N) is 1. The van der Waals surface area contributed by atoms with Gasteiger partial charge in [0.2, 0.25) is 0 Å². The van der Waals surface area contributed by atoms with Crippen LogP contribution in [0.4, 0.5) is 10.1 Å². The number of anilines is 1. The Balaban J connectivity index is 2.05. The Kier molecular flexibility index (Phi) is 3.43. The number of phenols is 2. The first-order valence-corrected chi connectivity index (χ1v) is 5.22. The maximum absolute atomic E-state index is 12.6. The molecule has 2 aromatic carbocycles.